The first-order valence-electron chi connectivity index (χ1n) is 14.2. The van der Waals surface area contributed by atoms with Gasteiger partial charge in [-0.1, -0.05) is 11.6 Å². The van der Waals surface area contributed by atoms with Gasteiger partial charge in [0.05, 0.1) is 50.1 Å². The zero-order valence-electron chi connectivity index (χ0n) is 25.3. The maximum Gasteiger partial charge on any atom is 0.408 e. The molecule has 5 aromatic rings. The summed E-state index contributed by atoms with van der Waals surface area (Å²) in [5.74, 6) is -5.73. The van der Waals surface area contributed by atoms with Gasteiger partial charge in [0.25, 0.3) is 5.56 Å². The Morgan fingerprint density at radius 2 is 1.53 bits per heavy atom. The number of hydrogen-bond acceptors (Lipinski definition) is 8. The van der Waals surface area contributed by atoms with Gasteiger partial charge >= 0.3 is 6.18 Å². The highest BCUT2D eigenvalue weighted by atomic mass is 35.5. The van der Waals surface area contributed by atoms with Gasteiger partial charge < -0.3 is 5.73 Å². The fraction of sp³-hybridized carbons (Fsp3) is 0.276. The highest BCUT2D eigenvalue weighted by Gasteiger charge is 2.39. The molecule has 0 radical (unpaired) electrons. The lowest BCUT2D eigenvalue weighted by atomic mass is 10.0. The zero-order chi connectivity index (χ0) is 36.2. The lowest BCUT2D eigenvalue weighted by molar-refractivity contribution is -0.141. The number of rotatable bonds is 10. The monoisotopic (exact) mass is 750 g/mol. The molecule has 0 saturated carbocycles. The number of aromatic nitrogens is 4. The van der Waals surface area contributed by atoms with Crippen LogP contribution in [-0.2, 0) is 33.0 Å². The van der Waals surface area contributed by atoms with Crippen LogP contribution in [0.5, 0.6) is 0 Å². The average Bonchev–Trinajstić information content (AvgIpc) is 3.34. The Kier molecular flexibility index (Phi) is 9.52. The summed E-state index contributed by atoms with van der Waals surface area (Å²) in [5.41, 5.74) is 4.11. The fourth-order valence-corrected chi connectivity index (χ4v) is 8.74. The molecule has 11 nitrogen and oxygen atoms in total. The van der Waals surface area contributed by atoms with E-state index in [4.69, 9.17) is 17.3 Å². The Morgan fingerprint density at radius 1 is 0.918 bits per heavy atom. The molecule has 3 aromatic carbocycles. The Labute approximate surface area is 279 Å². The third-order valence-corrected chi connectivity index (χ3v) is 11.8. The molecular weight excluding hydrogens is 726 g/mol. The van der Waals surface area contributed by atoms with E-state index in [0.717, 1.165) is 60.9 Å². The number of alkyl halides is 3. The number of hydrogen-bond donors (Lipinski definition) is 1. The van der Waals surface area contributed by atoms with Crippen molar-refractivity contribution in [1.82, 2.24) is 19.3 Å². The van der Waals surface area contributed by atoms with E-state index in [2.05, 4.69) is 10.1 Å². The molecule has 1 atom stereocenters. The largest absolute Gasteiger partial charge is 0.408 e. The van der Waals surface area contributed by atoms with Gasteiger partial charge in [0.2, 0.25) is 20.0 Å². The van der Waals surface area contributed by atoms with Gasteiger partial charge in [-0.05, 0) is 62.2 Å². The Bertz CT molecular complexity index is 2350. The van der Waals surface area contributed by atoms with E-state index >= 15 is 0 Å². The molecule has 0 aliphatic heterocycles. The molecule has 0 bridgehead atoms. The topological polar surface area (TPSA) is 150 Å². The van der Waals surface area contributed by atoms with Crippen LogP contribution < -0.4 is 15.0 Å². The van der Waals surface area contributed by atoms with Crippen molar-refractivity contribution < 1.29 is 43.2 Å². The molecule has 2 heterocycles. The Balaban J connectivity index is 1.93. The van der Waals surface area contributed by atoms with Crippen LogP contribution in [0.25, 0.3) is 27.5 Å². The van der Waals surface area contributed by atoms with Crippen molar-refractivity contribution in [1.29, 1.82) is 0 Å². The van der Waals surface area contributed by atoms with E-state index in [1.165, 1.54) is 0 Å². The molecule has 20 heteroatoms. The summed E-state index contributed by atoms with van der Waals surface area (Å²) in [5, 5.41) is 2.54. The number of sulfonamides is 2. The normalized spacial score (nSPS) is 13.3. The van der Waals surface area contributed by atoms with Crippen LogP contribution in [0.2, 0.25) is 5.02 Å². The molecule has 5 rings (SSSR count). The summed E-state index contributed by atoms with van der Waals surface area (Å²) in [6.45, 7) is 0.307. The second-order valence-electron chi connectivity index (χ2n) is 10.7. The predicted molar refractivity (Wildman–Crippen MR) is 170 cm³/mol. The summed E-state index contributed by atoms with van der Waals surface area (Å²) < 4.78 is 138. The molecular formula is C29H25ClF6N6O5S2. The average molecular weight is 751 g/mol. The van der Waals surface area contributed by atoms with Gasteiger partial charge in [0, 0.05) is 12.1 Å². The van der Waals surface area contributed by atoms with Crippen molar-refractivity contribution in [2.45, 2.75) is 39.0 Å². The number of anilines is 1. The molecule has 0 aliphatic carbocycles. The maximum atomic E-state index is 14.3. The summed E-state index contributed by atoms with van der Waals surface area (Å²) in [6.07, 6.45) is -5.41. The van der Waals surface area contributed by atoms with Crippen molar-refractivity contribution in [3.8, 4) is 5.69 Å². The lowest BCUT2D eigenvalue weighted by Gasteiger charge is -2.21. The van der Waals surface area contributed by atoms with E-state index in [1.54, 1.807) is 0 Å². The van der Waals surface area contributed by atoms with Crippen LogP contribution in [0, 0.1) is 17.5 Å². The number of halogens is 7. The molecule has 2 aromatic heterocycles. The first-order chi connectivity index (χ1) is 22.8. The molecule has 49 heavy (non-hydrogen) atoms. The first-order valence-corrected chi connectivity index (χ1v) is 17.8. The number of nitrogens with zero attached hydrogens (tertiary/aromatic N) is 5. The maximum absolute atomic E-state index is 14.3. The highest BCUT2D eigenvalue weighted by Crippen LogP contribution is 2.40. The quantitative estimate of drug-likeness (QED) is 0.194. The third-order valence-electron chi connectivity index (χ3n) is 7.35. The second kappa shape index (κ2) is 12.9. The van der Waals surface area contributed by atoms with Gasteiger partial charge in [-0.25, -0.2) is 35.0 Å². The van der Waals surface area contributed by atoms with Crippen molar-refractivity contribution >= 4 is 59.3 Å². The minimum Gasteiger partial charge on any atom is -0.321 e. The first kappa shape index (κ1) is 36.1. The highest BCUT2D eigenvalue weighted by molar-refractivity contribution is 8.10. The van der Waals surface area contributed by atoms with Gasteiger partial charge in [0.1, 0.15) is 29.8 Å². The zero-order valence-corrected chi connectivity index (χ0v) is 27.7. The standard InChI is InChI=1S/C29H25ClF6N6O5S2/c1-3-48(44,45)42(49(46,47)4-2)27-24-20(30)7-8-23(25(24)40(39-27)14-29(34,35)36)41-26(21(37)11-15-9-17(32)12-18(33)10-15)38-22-13-16(31)5-6-19(22)28(41)43/h5-10,12-13,21H,3-4,11,14,37H2,1-2H3/t21-/m0/s1. The Hall–Kier alpha value is -4.20. The van der Waals surface area contributed by atoms with E-state index in [-0.39, 0.29) is 31.3 Å². The van der Waals surface area contributed by atoms with Crippen LogP contribution in [-0.4, -0.2) is 53.8 Å². The molecule has 0 unspecified atom stereocenters. The molecule has 262 valence electrons. The van der Waals surface area contributed by atoms with Crippen molar-refractivity contribution in [2.24, 2.45) is 5.73 Å². The third kappa shape index (κ3) is 6.97. The van der Waals surface area contributed by atoms with Crippen LogP contribution in [0.15, 0.2) is 53.3 Å². The SMILES string of the molecule is CCS(=O)(=O)N(c1nn(CC(F)(F)F)c2c(-n3c([C@@H](N)Cc4cc(F)cc(F)c4)nc4cc(F)ccc4c3=O)ccc(Cl)c12)S(=O)(=O)CC. The minimum absolute atomic E-state index is 0.000905. The van der Waals surface area contributed by atoms with Crippen molar-refractivity contribution in [3.63, 3.8) is 0 Å². The van der Waals surface area contributed by atoms with E-state index in [1.807, 2.05) is 0 Å². The van der Waals surface area contributed by atoms with Crippen molar-refractivity contribution in [2.75, 3.05) is 15.2 Å². The van der Waals surface area contributed by atoms with E-state index < -0.39 is 107 Å². The number of benzene rings is 3. The summed E-state index contributed by atoms with van der Waals surface area (Å²) in [6, 6.07) is 6.10. The Morgan fingerprint density at radius 3 is 2.10 bits per heavy atom. The van der Waals surface area contributed by atoms with Crippen LogP contribution in [0.1, 0.15) is 31.3 Å². The van der Waals surface area contributed by atoms with E-state index in [9.17, 15) is 48.0 Å². The molecule has 0 aliphatic rings. The summed E-state index contributed by atoms with van der Waals surface area (Å²) in [4.78, 5) is 18.5. The summed E-state index contributed by atoms with van der Waals surface area (Å²) in [7, 11) is -9.54. The second-order valence-corrected chi connectivity index (χ2v) is 15.6. The molecule has 0 spiro atoms. The molecule has 0 fully saturated rings. The minimum atomic E-state index is -5.03. The van der Waals surface area contributed by atoms with Gasteiger partial charge in [-0.15, -0.1) is 3.71 Å². The van der Waals surface area contributed by atoms with Crippen LogP contribution in [0.3, 0.4) is 0 Å². The van der Waals surface area contributed by atoms with Gasteiger partial charge in [-0.2, -0.15) is 18.3 Å². The van der Waals surface area contributed by atoms with Crippen LogP contribution >= 0.6 is 11.6 Å². The number of fused-ring (bicyclic) bond motifs is 2. The predicted octanol–water partition coefficient (Wildman–Crippen LogP) is 5.12. The van der Waals surface area contributed by atoms with Crippen LogP contribution in [0.4, 0.5) is 32.2 Å². The smallest absolute Gasteiger partial charge is 0.321 e. The lowest BCUT2D eigenvalue weighted by Crippen LogP contribution is -2.39. The summed E-state index contributed by atoms with van der Waals surface area (Å²) >= 11 is 6.44. The molecule has 2 N–H and O–H groups in total. The van der Waals surface area contributed by atoms with Gasteiger partial charge in [0.15, 0.2) is 5.82 Å². The molecule has 0 saturated heterocycles. The van der Waals surface area contributed by atoms with Crippen molar-refractivity contribution in [3.05, 3.63) is 92.7 Å². The van der Waals surface area contributed by atoms with Gasteiger partial charge in [-0.3, -0.25) is 14.0 Å². The fourth-order valence-electron chi connectivity index (χ4n) is 5.24. The molecule has 0 amide bonds. The van der Waals surface area contributed by atoms with E-state index in [0.29, 0.717) is 6.07 Å². The number of nitrogens with two attached hydrogens (primary N) is 1.